The molecule has 0 bridgehead atoms. The Bertz CT molecular complexity index is 1000. The number of aromatic carboxylic acids is 1. The third kappa shape index (κ3) is 3.61. The van der Waals surface area contributed by atoms with Gasteiger partial charge in [0.1, 0.15) is 5.58 Å². The Balaban J connectivity index is 2.16. The van der Waals surface area contributed by atoms with E-state index in [1.165, 1.54) is 12.1 Å². The average molecular weight is 352 g/mol. The monoisotopic (exact) mass is 352 g/mol. The van der Waals surface area contributed by atoms with Crippen LogP contribution in [-0.4, -0.2) is 17.7 Å². The van der Waals surface area contributed by atoms with Gasteiger partial charge in [0, 0.05) is 5.39 Å². The molecule has 0 fully saturated rings. The van der Waals surface area contributed by atoms with Crippen LogP contribution >= 0.6 is 12.2 Å². The minimum Gasteiger partial charge on any atom is -0.488 e. The van der Waals surface area contributed by atoms with Crippen molar-refractivity contribution < 1.29 is 19.1 Å². The number of carbonyl (C=O) groups is 1. The normalized spacial score (nSPS) is 11.1. The molecule has 0 amide bonds. The van der Waals surface area contributed by atoms with Gasteiger partial charge in [-0.1, -0.05) is 48.6 Å². The first-order valence-electron chi connectivity index (χ1n) is 7.80. The Labute approximate surface area is 150 Å². The van der Waals surface area contributed by atoms with E-state index in [-0.39, 0.29) is 5.56 Å². The third-order valence-corrected chi connectivity index (χ3v) is 4.04. The van der Waals surface area contributed by atoms with Gasteiger partial charge in [-0.05, 0) is 36.8 Å². The van der Waals surface area contributed by atoms with E-state index in [9.17, 15) is 4.79 Å². The van der Waals surface area contributed by atoms with Gasteiger partial charge in [-0.3, -0.25) is 0 Å². The SMILES string of the molecule is CCOc1c(/C=C/c2ccccc2)oc2ccc(C(=O)O)cc2c1=S. The zero-order valence-electron chi connectivity index (χ0n) is 13.6. The van der Waals surface area contributed by atoms with E-state index in [1.807, 2.05) is 43.3 Å². The summed E-state index contributed by atoms with van der Waals surface area (Å²) in [6, 6.07) is 14.4. The summed E-state index contributed by atoms with van der Waals surface area (Å²) in [6.45, 7) is 2.28. The molecule has 0 aliphatic rings. The minimum absolute atomic E-state index is 0.156. The van der Waals surface area contributed by atoms with Crippen LogP contribution in [0.25, 0.3) is 23.1 Å². The highest BCUT2D eigenvalue weighted by atomic mass is 32.1. The van der Waals surface area contributed by atoms with Crippen LogP contribution in [0.2, 0.25) is 0 Å². The summed E-state index contributed by atoms with van der Waals surface area (Å²) in [5, 5.41) is 9.72. The van der Waals surface area contributed by atoms with Crippen LogP contribution in [0.4, 0.5) is 0 Å². The number of rotatable bonds is 5. The van der Waals surface area contributed by atoms with Crippen molar-refractivity contribution in [1.29, 1.82) is 0 Å². The first kappa shape index (κ1) is 16.9. The molecule has 0 aliphatic carbocycles. The van der Waals surface area contributed by atoms with Crippen LogP contribution < -0.4 is 4.74 Å². The van der Waals surface area contributed by atoms with Crippen molar-refractivity contribution in [3.8, 4) is 5.75 Å². The van der Waals surface area contributed by atoms with Crippen molar-refractivity contribution in [1.82, 2.24) is 0 Å². The van der Waals surface area contributed by atoms with Crippen LogP contribution in [0.3, 0.4) is 0 Å². The van der Waals surface area contributed by atoms with E-state index in [4.69, 9.17) is 26.5 Å². The lowest BCUT2D eigenvalue weighted by Crippen LogP contribution is -1.98. The summed E-state index contributed by atoms with van der Waals surface area (Å²) in [5.74, 6) is -0.0618. The molecule has 5 heteroatoms. The van der Waals surface area contributed by atoms with E-state index in [1.54, 1.807) is 12.1 Å². The molecule has 0 saturated heterocycles. The molecule has 2 aromatic carbocycles. The van der Waals surface area contributed by atoms with Crippen LogP contribution in [0.15, 0.2) is 52.9 Å². The van der Waals surface area contributed by atoms with Crippen LogP contribution in [-0.2, 0) is 0 Å². The predicted octanol–water partition coefficient (Wildman–Crippen LogP) is 5.43. The molecule has 0 atom stereocenters. The highest BCUT2D eigenvalue weighted by Crippen LogP contribution is 2.31. The summed E-state index contributed by atoms with van der Waals surface area (Å²) in [4.78, 5) is 11.2. The van der Waals surface area contributed by atoms with Crippen molar-refractivity contribution in [3.05, 3.63) is 69.9 Å². The lowest BCUT2D eigenvalue weighted by Gasteiger charge is -2.09. The van der Waals surface area contributed by atoms with Crippen LogP contribution in [0.5, 0.6) is 5.75 Å². The molecule has 0 saturated carbocycles. The van der Waals surface area contributed by atoms with E-state index >= 15 is 0 Å². The summed E-state index contributed by atoms with van der Waals surface area (Å²) in [5.41, 5.74) is 1.70. The van der Waals surface area contributed by atoms with E-state index in [0.717, 1.165) is 5.56 Å². The Kier molecular flexibility index (Phi) is 4.95. The maximum atomic E-state index is 11.2. The van der Waals surface area contributed by atoms with Crippen molar-refractivity contribution in [3.63, 3.8) is 0 Å². The fourth-order valence-electron chi connectivity index (χ4n) is 2.46. The molecule has 1 N–H and O–H groups in total. The molecule has 3 aromatic rings. The van der Waals surface area contributed by atoms with Gasteiger partial charge in [0.25, 0.3) is 0 Å². The number of ether oxygens (including phenoxy) is 1. The molecular weight excluding hydrogens is 336 g/mol. The molecule has 0 radical (unpaired) electrons. The van der Waals surface area contributed by atoms with Gasteiger partial charge in [-0.15, -0.1) is 0 Å². The Hall–Kier alpha value is -2.92. The van der Waals surface area contributed by atoms with Gasteiger partial charge >= 0.3 is 5.97 Å². The van der Waals surface area contributed by atoms with Gasteiger partial charge in [0.15, 0.2) is 11.5 Å². The Morgan fingerprint density at radius 1 is 1.20 bits per heavy atom. The average Bonchev–Trinajstić information content (AvgIpc) is 2.63. The lowest BCUT2D eigenvalue weighted by molar-refractivity contribution is 0.0697. The molecule has 1 heterocycles. The van der Waals surface area contributed by atoms with Crippen LogP contribution in [0.1, 0.15) is 28.6 Å². The van der Waals surface area contributed by atoms with E-state index in [0.29, 0.717) is 33.6 Å². The maximum Gasteiger partial charge on any atom is 0.335 e. The highest BCUT2D eigenvalue weighted by molar-refractivity contribution is 7.71. The molecule has 3 rings (SSSR count). The molecular formula is C20H16O4S. The zero-order valence-corrected chi connectivity index (χ0v) is 14.4. The Morgan fingerprint density at radius 3 is 2.64 bits per heavy atom. The quantitative estimate of drug-likeness (QED) is 0.621. The van der Waals surface area contributed by atoms with Crippen molar-refractivity contribution in [2.24, 2.45) is 0 Å². The van der Waals surface area contributed by atoms with Gasteiger partial charge < -0.3 is 14.3 Å². The van der Waals surface area contributed by atoms with Crippen molar-refractivity contribution in [2.45, 2.75) is 6.92 Å². The largest absolute Gasteiger partial charge is 0.488 e. The van der Waals surface area contributed by atoms with Crippen molar-refractivity contribution >= 4 is 41.3 Å². The van der Waals surface area contributed by atoms with Gasteiger partial charge in [-0.25, -0.2) is 4.79 Å². The van der Waals surface area contributed by atoms with Crippen molar-refractivity contribution in [2.75, 3.05) is 6.61 Å². The van der Waals surface area contributed by atoms with Gasteiger partial charge in [0.2, 0.25) is 0 Å². The topological polar surface area (TPSA) is 59.7 Å². The Morgan fingerprint density at radius 2 is 1.96 bits per heavy atom. The number of hydrogen-bond acceptors (Lipinski definition) is 4. The summed E-state index contributed by atoms with van der Waals surface area (Å²) in [6.07, 6.45) is 3.72. The molecule has 0 spiro atoms. The predicted molar refractivity (Wildman–Crippen MR) is 101 cm³/mol. The molecule has 1 aromatic heterocycles. The van der Waals surface area contributed by atoms with Gasteiger partial charge in [0.05, 0.1) is 16.7 Å². The molecule has 0 aliphatic heterocycles. The van der Waals surface area contributed by atoms with Crippen LogP contribution in [0, 0.1) is 4.51 Å². The molecule has 25 heavy (non-hydrogen) atoms. The second-order valence-electron chi connectivity index (χ2n) is 5.32. The summed E-state index contributed by atoms with van der Waals surface area (Å²) >= 11 is 5.51. The highest BCUT2D eigenvalue weighted by Gasteiger charge is 2.13. The number of benzene rings is 2. The number of fused-ring (bicyclic) bond motifs is 1. The fraction of sp³-hybridized carbons (Fsp3) is 0.100. The maximum absolute atomic E-state index is 11.2. The second-order valence-corrected chi connectivity index (χ2v) is 5.73. The van der Waals surface area contributed by atoms with E-state index < -0.39 is 5.97 Å². The first-order valence-corrected chi connectivity index (χ1v) is 8.21. The van der Waals surface area contributed by atoms with Gasteiger partial charge in [-0.2, -0.15) is 0 Å². The van der Waals surface area contributed by atoms with E-state index in [2.05, 4.69) is 0 Å². The summed E-state index contributed by atoms with van der Waals surface area (Å²) < 4.78 is 12.0. The molecule has 0 unspecified atom stereocenters. The number of hydrogen-bond donors (Lipinski definition) is 1. The molecule has 126 valence electrons. The standard InChI is InChI=1S/C20H16O4S/c1-2-23-18-17(10-8-13-6-4-3-5-7-13)24-16-11-9-14(20(21)22)12-15(16)19(18)25/h3-12H,2H2,1H3,(H,21,22)/b10-8+. The fourth-order valence-corrected chi connectivity index (χ4v) is 2.77. The zero-order chi connectivity index (χ0) is 17.8. The third-order valence-electron chi connectivity index (χ3n) is 3.64. The number of carboxylic acids is 1. The lowest BCUT2D eigenvalue weighted by atomic mass is 10.1. The number of carboxylic acid groups (broad SMARTS) is 1. The minimum atomic E-state index is -1.01. The molecule has 4 nitrogen and oxygen atoms in total. The first-order chi connectivity index (χ1) is 12.1. The smallest absolute Gasteiger partial charge is 0.335 e. The second kappa shape index (κ2) is 7.32. The summed E-state index contributed by atoms with van der Waals surface area (Å²) in [7, 11) is 0.